The summed E-state index contributed by atoms with van der Waals surface area (Å²) >= 11 is 0. The van der Waals surface area contributed by atoms with E-state index in [2.05, 4.69) is 22.9 Å². The average Bonchev–Trinajstić information content (AvgIpc) is 2.71. The molecule has 0 saturated carbocycles. The van der Waals surface area contributed by atoms with Crippen molar-refractivity contribution in [2.75, 3.05) is 20.6 Å². The Balaban J connectivity index is 2.45. The van der Waals surface area contributed by atoms with Crippen LogP contribution in [0.1, 0.15) is 18.3 Å². The summed E-state index contributed by atoms with van der Waals surface area (Å²) in [4.78, 5) is 17.6. The first kappa shape index (κ1) is 14.5. The maximum atomic E-state index is 11.0. The topological polar surface area (TPSA) is 58.4 Å². The van der Waals surface area contributed by atoms with E-state index in [4.69, 9.17) is 5.11 Å². The van der Waals surface area contributed by atoms with Gasteiger partial charge in [-0.3, -0.25) is 4.79 Å². The van der Waals surface area contributed by atoms with Crippen LogP contribution < -0.4 is 0 Å². The van der Waals surface area contributed by atoms with Gasteiger partial charge in [0.2, 0.25) is 0 Å². The van der Waals surface area contributed by atoms with E-state index >= 15 is 0 Å². The van der Waals surface area contributed by atoms with Crippen molar-refractivity contribution < 1.29 is 9.90 Å². The molecule has 0 fully saturated rings. The highest BCUT2D eigenvalue weighted by atomic mass is 16.4. The van der Waals surface area contributed by atoms with Gasteiger partial charge in [0.25, 0.3) is 0 Å². The number of benzene rings is 1. The van der Waals surface area contributed by atoms with Crippen LogP contribution in [0.3, 0.4) is 0 Å². The van der Waals surface area contributed by atoms with E-state index in [1.807, 2.05) is 30.8 Å². The molecule has 0 aliphatic carbocycles. The zero-order valence-electron chi connectivity index (χ0n) is 12.3. The molecule has 2 aromatic rings. The van der Waals surface area contributed by atoms with Crippen molar-refractivity contribution in [1.82, 2.24) is 14.5 Å². The van der Waals surface area contributed by atoms with Crippen LogP contribution in [0.5, 0.6) is 0 Å². The Bertz CT molecular complexity index is 617. The molecule has 0 atom stereocenters. The number of aromatic nitrogens is 2. The fourth-order valence-corrected chi connectivity index (χ4v) is 2.26. The number of fused-ring (bicyclic) bond motifs is 1. The second-order valence-corrected chi connectivity index (χ2v) is 5.23. The standard InChI is InChI=1S/C15H21N3O2/c1-4-11-5-6-13-12(9-11)16-14(10-15(19)20)18(13)8-7-17(2)3/h5-6,9H,4,7-8,10H2,1-3H3,(H,19,20). The summed E-state index contributed by atoms with van der Waals surface area (Å²) in [6, 6.07) is 6.18. The zero-order chi connectivity index (χ0) is 14.7. The van der Waals surface area contributed by atoms with E-state index in [0.717, 1.165) is 30.5 Å². The van der Waals surface area contributed by atoms with Gasteiger partial charge in [0, 0.05) is 13.1 Å². The van der Waals surface area contributed by atoms with E-state index in [1.165, 1.54) is 5.56 Å². The normalized spacial score (nSPS) is 11.4. The predicted octanol–water partition coefficient (Wildman–Crippen LogP) is 1.79. The molecule has 1 heterocycles. The monoisotopic (exact) mass is 275 g/mol. The van der Waals surface area contributed by atoms with Crippen LogP contribution >= 0.6 is 0 Å². The van der Waals surface area contributed by atoms with Crippen molar-refractivity contribution in [3.05, 3.63) is 29.6 Å². The highest BCUT2D eigenvalue weighted by Gasteiger charge is 2.13. The molecular weight excluding hydrogens is 254 g/mol. The molecule has 0 bridgehead atoms. The van der Waals surface area contributed by atoms with E-state index in [0.29, 0.717) is 5.82 Å². The first-order chi connectivity index (χ1) is 9.51. The largest absolute Gasteiger partial charge is 0.481 e. The fraction of sp³-hybridized carbons (Fsp3) is 0.467. The lowest BCUT2D eigenvalue weighted by Gasteiger charge is -2.12. The number of carboxylic acid groups (broad SMARTS) is 1. The van der Waals surface area contributed by atoms with Gasteiger partial charge in [-0.2, -0.15) is 0 Å². The summed E-state index contributed by atoms with van der Waals surface area (Å²) in [5.41, 5.74) is 3.12. The summed E-state index contributed by atoms with van der Waals surface area (Å²) < 4.78 is 2.02. The minimum Gasteiger partial charge on any atom is -0.481 e. The molecule has 0 aliphatic heterocycles. The Hall–Kier alpha value is -1.88. The number of aliphatic carboxylic acids is 1. The third-order valence-corrected chi connectivity index (χ3v) is 3.38. The SMILES string of the molecule is CCc1ccc2c(c1)nc(CC(=O)O)n2CCN(C)C. The number of carbonyl (C=O) groups is 1. The van der Waals surface area contributed by atoms with Gasteiger partial charge in [-0.1, -0.05) is 13.0 Å². The molecule has 5 heteroatoms. The zero-order valence-corrected chi connectivity index (χ0v) is 12.3. The number of likely N-dealkylation sites (N-methyl/N-ethyl adjacent to an activating group) is 1. The van der Waals surface area contributed by atoms with Crippen molar-refractivity contribution >= 4 is 17.0 Å². The molecule has 1 aromatic heterocycles. The third-order valence-electron chi connectivity index (χ3n) is 3.38. The van der Waals surface area contributed by atoms with Crippen LogP contribution in [0.15, 0.2) is 18.2 Å². The summed E-state index contributed by atoms with van der Waals surface area (Å²) in [7, 11) is 4.01. The molecule has 1 N–H and O–H groups in total. The van der Waals surface area contributed by atoms with Gasteiger partial charge in [-0.15, -0.1) is 0 Å². The van der Waals surface area contributed by atoms with E-state index in [1.54, 1.807) is 0 Å². The minimum atomic E-state index is -0.845. The Labute approximate surface area is 118 Å². The molecule has 0 saturated heterocycles. The quantitative estimate of drug-likeness (QED) is 0.873. The molecule has 1 aromatic carbocycles. The van der Waals surface area contributed by atoms with Crippen molar-refractivity contribution in [2.45, 2.75) is 26.3 Å². The minimum absolute atomic E-state index is 0.0381. The lowest BCUT2D eigenvalue weighted by Crippen LogP contribution is -2.20. The molecule has 0 radical (unpaired) electrons. The van der Waals surface area contributed by atoms with Gasteiger partial charge in [-0.05, 0) is 38.2 Å². The van der Waals surface area contributed by atoms with E-state index in [-0.39, 0.29) is 6.42 Å². The van der Waals surface area contributed by atoms with Gasteiger partial charge in [0.05, 0.1) is 11.0 Å². The first-order valence-electron chi connectivity index (χ1n) is 6.85. The number of imidazole rings is 1. The second kappa shape index (κ2) is 6.05. The Morgan fingerprint density at radius 3 is 2.75 bits per heavy atom. The van der Waals surface area contributed by atoms with E-state index in [9.17, 15) is 4.79 Å². The van der Waals surface area contributed by atoms with Gasteiger partial charge in [0.1, 0.15) is 12.2 Å². The number of carboxylic acids is 1. The Kier molecular flexibility index (Phi) is 4.39. The van der Waals surface area contributed by atoms with Gasteiger partial charge in [-0.25, -0.2) is 4.98 Å². The average molecular weight is 275 g/mol. The molecular formula is C15H21N3O2. The number of rotatable bonds is 6. The van der Waals surface area contributed by atoms with Gasteiger partial charge in [0.15, 0.2) is 0 Å². The molecule has 20 heavy (non-hydrogen) atoms. The van der Waals surface area contributed by atoms with Crippen LogP contribution in [0.4, 0.5) is 0 Å². The second-order valence-electron chi connectivity index (χ2n) is 5.23. The molecule has 2 rings (SSSR count). The maximum absolute atomic E-state index is 11.0. The predicted molar refractivity (Wildman–Crippen MR) is 79.0 cm³/mol. The lowest BCUT2D eigenvalue weighted by molar-refractivity contribution is -0.136. The van der Waals surface area contributed by atoms with Gasteiger partial charge < -0.3 is 14.6 Å². The summed E-state index contributed by atoms with van der Waals surface area (Å²) in [6.45, 7) is 3.70. The Morgan fingerprint density at radius 1 is 1.40 bits per heavy atom. The molecule has 0 aliphatic rings. The maximum Gasteiger partial charge on any atom is 0.311 e. The highest BCUT2D eigenvalue weighted by molar-refractivity contribution is 5.78. The molecule has 0 unspecified atom stereocenters. The molecule has 108 valence electrons. The molecule has 5 nitrogen and oxygen atoms in total. The summed E-state index contributed by atoms with van der Waals surface area (Å²) in [5.74, 6) is -0.218. The van der Waals surface area contributed by atoms with Crippen LogP contribution in [0.2, 0.25) is 0 Å². The van der Waals surface area contributed by atoms with Crippen LogP contribution in [-0.2, 0) is 24.2 Å². The lowest BCUT2D eigenvalue weighted by atomic mass is 10.1. The fourth-order valence-electron chi connectivity index (χ4n) is 2.26. The molecule has 0 spiro atoms. The number of nitrogens with zero attached hydrogens (tertiary/aromatic N) is 3. The van der Waals surface area contributed by atoms with Crippen LogP contribution in [0, 0.1) is 0 Å². The van der Waals surface area contributed by atoms with Crippen molar-refractivity contribution in [2.24, 2.45) is 0 Å². The number of hydrogen-bond donors (Lipinski definition) is 1. The highest BCUT2D eigenvalue weighted by Crippen LogP contribution is 2.19. The Morgan fingerprint density at radius 2 is 2.15 bits per heavy atom. The van der Waals surface area contributed by atoms with Crippen molar-refractivity contribution in [3.8, 4) is 0 Å². The van der Waals surface area contributed by atoms with E-state index < -0.39 is 5.97 Å². The first-order valence-corrected chi connectivity index (χ1v) is 6.85. The molecule has 0 amide bonds. The number of aryl methyl sites for hydroxylation is 1. The van der Waals surface area contributed by atoms with Crippen molar-refractivity contribution in [1.29, 1.82) is 0 Å². The third kappa shape index (κ3) is 3.17. The number of hydrogen-bond acceptors (Lipinski definition) is 3. The summed E-state index contributed by atoms with van der Waals surface area (Å²) in [6.07, 6.45) is 0.915. The van der Waals surface area contributed by atoms with Crippen LogP contribution in [0.25, 0.3) is 11.0 Å². The van der Waals surface area contributed by atoms with Gasteiger partial charge >= 0.3 is 5.97 Å². The summed E-state index contributed by atoms with van der Waals surface area (Å²) in [5, 5.41) is 9.03. The van der Waals surface area contributed by atoms with Crippen molar-refractivity contribution in [3.63, 3.8) is 0 Å². The van der Waals surface area contributed by atoms with Crippen LogP contribution in [-0.4, -0.2) is 46.2 Å². The smallest absolute Gasteiger partial charge is 0.311 e.